The van der Waals surface area contributed by atoms with Gasteiger partial charge in [0.05, 0.1) is 0 Å². The van der Waals surface area contributed by atoms with Crippen LogP contribution in [0.2, 0.25) is 0 Å². The minimum Gasteiger partial charge on any atom is -0.386 e. The van der Waals surface area contributed by atoms with Crippen molar-refractivity contribution in [3.05, 3.63) is 12.7 Å². The van der Waals surface area contributed by atoms with Crippen LogP contribution in [-0.4, -0.2) is 32.4 Å². The van der Waals surface area contributed by atoms with Crippen LogP contribution >= 0.6 is 0 Å². The molecule has 0 saturated heterocycles. The summed E-state index contributed by atoms with van der Waals surface area (Å²) in [5.41, 5.74) is 0. The quantitative estimate of drug-likeness (QED) is 0.520. The van der Waals surface area contributed by atoms with E-state index >= 15 is 0 Å². The molecule has 48 valence electrons. The lowest BCUT2D eigenvalue weighted by atomic mass is 10.7. The van der Waals surface area contributed by atoms with E-state index in [9.17, 15) is 4.79 Å². The second-order valence-corrected chi connectivity index (χ2v) is 1.39. The Morgan fingerprint density at radius 2 is 2.56 bits per heavy atom. The number of rotatable bonds is 1. The van der Waals surface area contributed by atoms with Gasteiger partial charge in [0.25, 0.3) is 5.91 Å². The Bertz CT molecular complexity index is 194. The van der Waals surface area contributed by atoms with Crippen LogP contribution in [0.1, 0.15) is 4.79 Å². The summed E-state index contributed by atoms with van der Waals surface area (Å²) in [7, 11) is 0. The van der Waals surface area contributed by atoms with Crippen LogP contribution in [0, 0.1) is 0 Å². The van der Waals surface area contributed by atoms with E-state index in [1.807, 2.05) is 0 Å². The van der Waals surface area contributed by atoms with Crippen molar-refractivity contribution in [3.8, 4) is 0 Å². The Hall–Kier alpha value is -1.23. The lowest BCUT2D eigenvalue weighted by Gasteiger charge is -1.90. The van der Waals surface area contributed by atoms with E-state index in [0.717, 1.165) is 4.68 Å². The lowest BCUT2D eigenvalue weighted by molar-refractivity contribution is 0.0801. The summed E-state index contributed by atoms with van der Waals surface area (Å²) in [5.74, 6) is -0.479. The summed E-state index contributed by atoms with van der Waals surface area (Å²) in [5, 5.41) is 11.8. The SMILES string of the molecule is O=C(CO)n1cncn1. The van der Waals surface area contributed by atoms with Crippen LogP contribution in [0.4, 0.5) is 0 Å². The van der Waals surface area contributed by atoms with Gasteiger partial charge in [0, 0.05) is 0 Å². The molecule has 9 heavy (non-hydrogen) atoms. The molecule has 1 aromatic rings. The Labute approximate surface area is 50.9 Å². The summed E-state index contributed by atoms with van der Waals surface area (Å²) in [6, 6.07) is 0. The molecule has 0 fully saturated rings. The molecule has 0 unspecified atom stereocenters. The van der Waals surface area contributed by atoms with Gasteiger partial charge >= 0.3 is 0 Å². The normalized spacial score (nSPS) is 9.44. The van der Waals surface area contributed by atoms with Gasteiger partial charge < -0.3 is 5.11 Å². The molecule has 1 aromatic heterocycles. The molecule has 0 saturated carbocycles. The average molecular weight is 127 g/mol. The van der Waals surface area contributed by atoms with E-state index in [1.54, 1.807) is 0 Å². The number of carbonyl (C=O) groups is 1. The zero-order chi connectivity index (χ0) is 6.69. The predicted molar refractivity (Wildman–Crippen MR) is 27.7 cm³/mol. The van der Waals surface area contributed by atoms with Crippen LogP contribution in [0.3, 0.4) is 0 Å². The Kier molecular flexibility index (Phi) is 1.55. The fourth-order valence-electron chi connectivity index (χ4n) is 0.409. The number of nitrogens with zero attached hydrogens (tertiary/aromatic N) is 3. The smallest absolute Gasteiger partial charge is 0.274 e. The maximum Gasteiger partial charge on any atom is 0.274 e. The topological polar surface area (TPSA) is 68.0 Å². The molecule has 0 bridgehead atoms. The van der Waals surface area contributed by atoms with Gasteiger partial charge in [-0.1, -0.05) is 0 Å². The molecule has 0 amide bonds. The third kappa shape index (κ3) is 1.11. The first-order valence-electron chi connectivity index (χ1n) is 2.33. The number of aromatic nitrogens is 3. The first-order chi connectivity index (χ1) is 4.34. The molecule has 0 aliphatic carbocycles. The number of aliphatic hydroxyl groups excluding tert-OH is 1. The largest absolute Gasteiger partial charge is 0.386 e. The van der Waals surface area contributed by atoms with Gasteiger partial charge in [0.2, 0.25) is 0 Å². The number of aliphatic hydroxyl groups is 1. The van der Waals surface area contributed by atoms with Gasteiger partial charge in [0.1, 0.15) is 19.3 Å². The van der Waals surface area contributed by atoms with E-state index in [2.05, 4.69) is 10.1 Å². The van der Waals surface area contributed by atoms with Gasteiger partial charge in [-0.05, 0) is 0 Å². The van der Waals surface area contributed by atoms with Crippen LogP contribution < -0.4 is 0 Å². The first kappa shape index (κ1) is 5.90. The molecule has 0 atom stereocenters. The van der Waals surface area contributed by atoms with Crippen molar-refractivity contribution < 1.29 is 9.90 Å². The zero-order valence-corrected chi connectivity index (χ0v) is 4.56. The van der Waals surface area contributed by atoms with Crippen molar-refractivity contribution in [1.82, 2.24) is 14.8 Å². The second kappa shape index (κ2) is 2.36. The van der Waals surface area contributed by atoms with E-state index in [-0.39, 0.29) is 0 Å². The standard InChI is InChI=1S/C4H5N3O2/c8-1-4(9)7-3-5-2-6-7/h2-3,8H,1H2. The molecule has 0 aromatic carbocycles. The Morgan fingerprint density at radius 1 is 1.78 bits per heavy atom. The molecule has 5 heteroatoms. The zero-order valence-electron chi connectivity index (χ0n) is 4.56. The molecule has 0 spiro atoms. The summed E-state index contributed by atoms with van der Waals surface area (Å²) in [6.07, 6.45) is 2.46. The Balaban J connectivity index is 2.77. The highest BCUT2D eigenvalue weighted by molar-refractivity contribution is 5.78. The molecule has 0 aliphatic rings. The van der Waals surface area contributed by atoms with Gasteiger partial charge in [-0.25, -0.2) is 4.98 Å². The van der Waals surface area contributed by atoms with E-state index < -0.39 is 12.5 Å². The van der Waals surface area contributed by atoms with E-state index in [1.165, 1.54) is 12.7 Å². The Morgan fingerprint density at radius 3 is 3.00 bits per heavy atom. The first-order valence-corrected chi connectivity index (χ1v) is 2.33. The number of hydrogen-bond acceptors (Lipinski definition) is 4. The maximum atomic E-state index is 10.5. The summed E-state index contributed by atoms with van der Waals surface area (Å²) < 4.78 is 0.972. The second-order valence-electron chi connectivity index (χ2n) is 1.39. The van der Waals surface area contributed by atoms with Crippen molar-refractivity contribution in [1.29, 1.82) is 0 Å². The molecule has 1 heterocycles. The van der Waals surface area contributed by atoms with Gasteiger partial charge in [-0.2, -0.15) is 9.78 Å². The van der Waals surface area contributed by atoms with Crippen molar-refractivity contribution in [2.75, 3.05) is 6.61 Å². The fraction of sp³-hybridized carbons (Fsp3) is 0.250. The van der Waals surface area contributed by atoms with E-state index in [0.29, 0.717) is 0 Å². The molecule has 1 N–H and O–H groups in total. The van der Waals surface area contributed by atoms with Crippen LogP contribution in [0.5, 0.6) is 0 Å². The van der Waals surface area contributed by atoms with Crippen molar-refractivity contribution in [2.45, 2.75) is 0 Å². The van der Waals surface area contributed by atoms with Gasteiger partial charge in [-0.3, -0.25) is 4.79 Å². The molecular formula is C4H5N3O2. The van der Waals surface area contributed by atoms with Crippen molar-refractivity contribution in [2.24, 2.45) is 0 Å². The summed E-state index contributed by atoms with van der Waals surface area (Å²) in [4.78, 5) is 14.0. The molecule has 0 radical (unpaired) electrons. The minimum absolute atomic E-state index is 0.479. The number of hydrogen-bond donors (Lipinski definition) is 1. The molecule has 0 aliphatic heterocycles. The van der Waals surface area contributed by atoms with Crippen molar-refractivity contribution in [3.63, 3.8) is 0 Å². The summed E-state index contributed by atoms with van der Waals surface area (Å²) in [6.45, 7) is -0.538. The summed E-state index contributed by atoms with van der Waals surface area (Å²) >= 11 is 0. The molecule has 5 nitrogen and oxygen atoms in total. The molecular weight excluding hydrogens is 122 g/mol. The van der Waals surface area contributed by atoms with Crippen molar-refractivity contribution >= 4 is 5.91 Å². The van der Waals surface area contributed by atoms with Crippen LogP contribution in [-0.2, 0) is 0 Å². The van der Waals surface area contributed by atoms with Crippen LogP contribution in [0.25, 0.3) is 0 Å². The van der Waals surface area contributed by atoms with E-state index in [4.69, 9.17) is 5.11 Å². The third-order valence-electron chi connectivity index (χ3n) is 0.810. The lowest BCUT2D eigenvalue weighted by Crippen LogP contribution is -2.14. The highest BCUT2D eigenvalue weighted by Gasteiger charge is 1.99. The van der Waals surface area contributed by atoms with Gasteiger partial charge in [0.15, 0.2) is 0 Å². The van der Waals surface area contributed by atoms with Crippen LogP contribution in [0.15, 0.2) is 12.7 Å². The minimum atomic E-state index is -0.538. The molecule has 1 rings (SSSR count). The highest BCUT2D eigenvalue weighted by atomic mass is 16.3. The van der Waals surface area contributed by atoms with Gasteiger partial charge in [-0.15, -0.1) is 0 Å². The average Bonchev–Trinajstić information content (AvgIpc) is 2.37. The highest BCUT2D eigenvalue weighted by Crippen LogP contribution is 1.77. The fourth-order valence-corrected chi connectivity index (χ4v) is 0.409. The maximum absolute atomic E-state index is 10.5. The number of carbonyl (C=O) groups excluding carboxylic acids is 1. The predicted octanol–water partition coefficient (Wildman–Crippen LogP) is -1.09. The monoisotopic (exact) mass is 127 g/mol. The third-order valence-corrected chi connectivity index (χ3v) is 0.810.